The number of benzene rings is 2. The average molecular weight is 367 g/mol. The van der Waals surface area contributed by atoms with E-state index >= 15 is 0 Å². The highest BCUT2D eigenvalue weighted by atomic mass is 32.2. The van der Waals surface area contributed by atoms with Crippen LogP contribution >= 0.6 is 11.8 Å². The second kappa shape index (κ2) is 9.15. The zero-order chi connectivity index (χ0) is 18.2. The number of carbonyl (C=O) groups is 1. The number of thioether (sulfide) groups is 1. The molecule has 1 heterocycles. The van der Waals surface area contributed by atoms with E-state index < -0.39 is 0 Å². The van der Waals surface area contributed by atoms with Gasteiger partial charge in [0.2, 0.25) is 0 Å². The monoisotopic (exact) mass is 367 g/mol. The van der Waals surface area contributed by atoms with E-state index in [4.69, 9.17) is 9.15 Å². The quantitative estimate of drug-likeness (QED) is 0.593. The first-order valence-electron chi connectivity index (χ1n) is 8.41. The molecule has 2 aromatic carbocycles. The molecule has 0 saturated carbocycles. The second-order valence-corrected chi connectivity index (χ2v) is 6.78. The van der Waals surface area contributed by atoms with Crippen molar-refractivity contribution < 1.29 is 13.9 Å². The van der Waals surface area contributed by atoms with Crippen molar-refractivity contribution in [3.8, 4) is 5.75 Å². The third-order valence-electron chi connectivity index (χ3n) is 3.92. The van der Waals surface area contributed by atoms with Crippen LogP contribution in [0.5, 0.6) is 5.75 Å². The summed E-state index contributed by atoms with van der Waals surface area (Å²) in [5.41, 5.74) is 2.02. The lowest BCUT2D eigenvalue weighted by atomic mass is 10.1. The number of amides is 1. The van der Waals surface area contributed by atoms with Gasteiger partial charge < -0.3 is 14.5 Å². The number of hydrogen-bond acceptors (Lipinski definition) is 4. The summed E-state index contributed by atoms with van der Waals surface area (Å²) in [6.07, 6.45) is 2.30. The molecule has 0 aliphatic heterocycles. The zero-order valence-electron chi connectivity index (χ0n) is 14.6. The van der Waals surface area contributed by atoms with Crippen LogP contribution in [0.2, 0.25) is 0 Å². The third-order valence-corrected chi connectivity index (χ3v) is 4.98. The Kier molecular flexibility index (Phi) is 6.39. The van der Waals surface area contributed by atoms with Gasteiger partial charge in [0, 0.05) is 22.8 Å². The molecule has 0 radical (unpaired) electrons. The van der Waals surface area contributed by atoms with Gasteiger partial charge in [-0.15, -0.1) is 11.8 Å². The summed E-state index contributed by atoms with van der Waals surface area (Å²) in [6.45, 7) is 0.540. The molecule has 1 aromatic heterocycles. The van der Waals surface area contributed by atoms with Gasteiger partial charge in [-0.25, -0.2) is 0 Å². The van der Waals surface area contributed by atoms with E-state index in [1.165, 1.54) is 0 Å². The molecule has 26 heavy (non-hydrogen) atoms. The molecule has 1 N–H and O–H groups in total. The molecular weight excluding hydrogens is 346 g/mol. The fourth-order valence-electron chi connectivity index (χ4n) is 2.55. The number of hydrogen-bond donors (Lipinski definition) is 1. The fraction of sp³-hybridized carbons (Fsp3) is 0.190. The Balaban J connectivity index is 1.52. The first-order chi connectivity index (χ1) is 12.8. The Hall–Kier alpha value is -2.66. The van der Waals surface area contributed by atoms with Gasteiger partial charge >= 0.3 is 0 Å². The summed E-state index contributed by atoms with van der Waals surface area (Å²) in [5, 5.41) is 2.93. The van der Waals surface area contributed by atoms with E-state index in [9.17, 15) is 4.79 Å². The van der Waals surface area contributed by atoms with Gasteiger partial charge in [0.05, 0.1) is 13.4 Å². The van der Waals surface area contributed by atoms with E-state index in [0.29, 0.717) is 18.1 Å². The fourth-order valence-corrected chi connectivity index (χ4v) is 3.45. The molecule has 0 saturated heterocycles. The van der Waals surface area contributed by atoms with Crippen LogP contribution in [0.25, 0.3) is 0 Å². The Morgan fingerprint density at radius 1 is 1.12 bits per heavy atom. The van der Waals surface area contributed by atoms with Crippen molar-refractivity contribution in [2.24, 2.45) is 0 Å². The predicted molar refractivity (Wildman–Crippen MR) is 104 cm³/mol. The van der Waals surface area contributed by atoms with Gasteiger partial charge in [-0.05, 0) is 42.3 Å². The first kappa shape index (κ1) is 18.1. The smallest absolute Gasteiger partial charge is 0.287 e. The van der Waals surface area contributed by atoms with Crippen molar-refractivity contribution in [3.05, 3.63) is 83.8 Å². The number of carbonyl (C=O) groups excluding carboxylic acids is 1. The second-order valence-electron chi connectivity index (χ2n) is 5.73. The summed E-state index contributed by atoms with van der Waals surface area (Å²) in [6, 6.07) is 19.8. The molecule has 0 aliphatic carbocycles. The maximum atomic E-state index is 12.4. The van der Waals surface area contributed by atoms with E-state index in [0.717, 1.165) is 28.2 Å². The molecule has 1 amide bonds. The number of rotatable bonds is 8. The lowest BCUT2D eigenvalue weighted by Gasteiger charge is -2.07. The van der Waals surface area contributed by atoms with Crippen LogP contribution in [0, 0.1) is 0 Å². The topological polar surface area (TPSA) is 51.5 Å². The number of methoxy groups -OCH3 is 1. The van der Waals surface area contributed by atoms with Crippen LogP contribution in [-0.2, 0) is 12.2 Å². The molecule has 0 fully saturated rings. The highest BCUT2D eigenvalue weighted by Crippen LogP contribution is 2.24. The highest BCUT2D eigenvalue weighted by molar-refractivity contribution is 7.98. The van der Waals surface area contributed by atoms with Crippen molar-refractivity contribution >= 4 is 17.7 Å². The first-order valence-corrected chi connectivity index (χ1v) is 9.40. The van der Waals surface area contributed by atoms with Crippen LogP contribution in [0.15, 0.2) is 76.2 Å². The van der Waals surface area contributed by atoms with Gasteiger partial charge in [0.1, 0.15) is 5.75 Å². The third kappa shape index (κ3) is 4.92. The van der Waals surface area contributed by atoms with E-state index in [2.05, 4.69) is 17.4 Å². The lowest BCUT2D eigenvalue weighted by molar-refractivity contribution is 0.0925. The Labute approximate surface area is 157 Å². The maximum Gasteiger partial charge on any atom is 0.287 e. The molecule has 0 aliphatic rings. The van der Waals surface area contributed by atoms with Crippen molar-refractivity contribution in [3.63, 3.8) is 0 Å². The molecule has 0 bridgehead atoms. The van der Waals surface area contributed by atoms with Crippen molar-refractivity contribution in [2.45, 2.75) is 17.1 Å². The largest absolute Gasteiger partial charge is 0.497 e. The molecule has 0 spiro atoms. The van der Waals surface area contributed by atoms with Gasteiger partial charge in [-0.2, -0.15) is 0 Å². The normalized spacial score (nSPS) is 10.5. The van der Waals surface area contributed by atoms with Gasteiger partial charge in [-0.3, -0.25) is 4.79 Å². The van der Waals surface area contributed by atoms with Gasteiger partial charge in [0.25, 0.3) is 5.91 Å². The summed E-state index contributed by atoms with van der Waals surface area (Å²) in [5.74, 6) is 1.72. The van der Waals surface area contributed by atoms with E-state index in [1.807, 2.05) is 48.5 Å². The minimum atomic E-state index is -0.179. The molecule has 0 unspecified atom stereocenters. The number of ether oxygens (including phenoxy) is 1. The molecule has 5 heteroatoms. The van der Waals surface area contributed by atoms with Crippen molar-refractivity contribution in [1.82, 2.24) is 5.32 Å². The van der Waals surface area contributed by atoms with Crippen molar-refractivity contribution in [2.75, 3.05) is 13.7 Å². The minimum absolute atomic E-state index is 0.179. The molecule has 3 aromatic rings. The highest BCUT2D eigenvalue weighted by Gasteiger charge is 2.15. The summed E-state index contributed by atoms with van der Waals surface area (Å²) >= 11 is 1.68. The van der Waals surface area contributed by atoms with Crippen LogP contribution in [-0.4, -0.2) is 19.6 Å². The van der Waals surface area contributed by atoms with E-state index in [1.54, 1.807) is 25.1 Å². The van der Waals surface area contributed by atoms with E-state index in [-0.39, 0.29) is 5.91 Å². The summed E-state index contributed by atoms with van der Waals surface area (Å²) in [7, 11) is 1.65. The molecule has 4 nitrogen and oxygen atoms in total. The Bertz CT molecular complexity index is 845. The van der Waals surface area contributed by atoms with Crippen LogP contribution in [0.3, 0.4) is 0 Å². The molecule has 0 atom stereocenters. The SMILES string of the molecule is COc1cccc(CCNC(=O)c2occc2CSc2ccccc2)c1. The van der Waals surface area contributed by atoms with Crippen LogP contribution in [0.4, 0.5) is 0 Å². The Morgan fingerprint density at radius 2 is 1.96 bits per heavy atom. The molecule has 3 rings (SSSR count). The lowest BCUT2D eigenvalue weighted by Crippen LogP contribution is -2.26. The predicted octanol–water partition coefficient (Wildman–Crippen LogP) is 4.55. The van der Waals surface area contributed by atoms with Crippen LogP contribution < -0.4 is 10.1 Å². The summed E-state index contributed by atoms with van der Waals surface area (Å²) < 4.78 is 10.6. The zero-order valence-corrected chi connectivity index (χ0v) is 15.4. The minimum Gasteiger partial charge on any atom is -0.497 e. The van der Waals surface area contributed by atoms with Gasteiger partial charge in [-0.1, -0.05) is 30.3 Å². The number of nitrogens with one attached hydrogen (secondary N) is 1. The molecule has 134 valence electrons. The van der Waals surface area contributed by atoms with Gasteiger partial charge in [0.15, 0.2) is 5.76 Å². The standard InChI is InChI=1S/C21H21NO3S/c1-24-18-7-5-6-16(14-18)10-12-22-21(23)20-17(11-13-25-20)15-26-19-8-3-2-4-9-19/h2-9,11,13-14H,10,12,15H2,1H3,(H,22,23). The average Bonchev–Trinajstić information content (AvgIpc) is 3.16. The number of furan rings is 1. The summed E-state index contributed by atoms with van der Waals surface area (Å²) in [4.78, 5) is 13.6. The maximum absolute atomic E-state index is 12.4. The van der Waals surface area contributed by atoms with Crippen molar-refractivity contribution in [1.29, 1.82) is 0 Å². The molecular formula is C21H21NO3S. The van der Waals surface area contributed by atoms with Crippen LogP contribution in [0.1, 0.15) is 21.7 Å². The Morgan fingerprint density at radius 3 is 2.77 bits per heavy atom.